The molecule has 86 valence electrons. The van der Waals surface area contributed by atoms with Crippen molar-refractivity contribution in [2.24, 2.45) is 5.73 Å². The van der Waals surface area contributed by atoms with Gasteiger partial charge in [0.2, 0.25) is 0 Å². The maximum Gasteiger partial charge on any atom is 0.171 e. The SMILES string of the molecule is C=CC(C)NC(=S)Nc1ccccc1CN. The molecule has 0 spiro atoms. The minimum atomic E-state index is 0.144. The number of thiocarbonyl (C=S) groups is 1. The summed E-state index contributed by atoms with van der Waals surface area (Å²) in [6.45, 7) is 6.16. The van der Waals surface area contributed by atoms with Gasteiger partial charge in [-0.05, 0) is 30.8 Å². The molecule has 0 fully saturated rings. The van der Waals surface area contributed by atoms with Gasteiger partial charge >= 0.3 is 0 Å². The monoisotopic (exact) mass is 235 g/mol. The van der Waals surface area contributed by atoms with E-state index < -0.39 is 0 Å². The highest BCUT2D eigenvalue weighted by molar-refractivity contribution is 7.80. The van der Waals surface area contributed by atoms with Gasteiger partial charge in [0.25, 0.3) is 0 Å². The molecule has 4 N–H and O–H groups in total. The molecule has 0 aromatic heterocycles. The van der Waals surface area contributed by atoms with E-state index in [0.29, 0.717) is 11.7 Å². The van der Waals surface area contributed by atoms with Crippen LogP contribution >= 0.6 is 12.2 Å². The summed E-state index contributed by atoms with van der Waals surface area (Å²) in [7, 11) is 0. The first kappa shape index (κ1) is 12.7. The van der Waals surface area contributed by atoms with Crippen LogP contribution in [0.15, 0.2) is 36.9 Å². The summed E-state index contributed by atoms with van der Waals surface area (Å²) in [6, 6.07) is 7.97. The summed E-state index contributed by atoms with van der Waals surface area (Å²) in [5.41, 5.74) is 7.62. The Morgan fingerprint density at radius 1 is 1.56 bits per heavy atom. The summed E-state index contributed by atoms with van der Waals surface area (Å²) in [6.07, 6.45) is 1.79. The lowest BCUT2D eigenvalue weighted by Crippen LogP contribution is -2.34. The molecular formula is C12H17N3S. The van der Waals surface area contributed by atoms with E-state index in [-0.39, 0.29) is 6.04 Å². The third kappa shape index (κ3) is 3.64. The van der Waals surface area contributed by atoms with Gasteiger partial charge in [-0.1, -0.05) is 24.3 Å². The van der Waals surface area contributed by atoms with Crippen LogP contribution in [0, 0.1) is 0 Å². The topological polar surface area (TPSA) is 50.1 Å². The van der Waals surface area contributed by atoms with Crippen molar-refractivity contribution in [1.29, 1.82) is 0 Å². The Labute approximate surface area is 102 Å². The Bertz CT molecular complexity index is 376. The normalized spacial score (nSPS) is 11.6. The van der Waals surface area contributed by atoms with Crippen LogP contribution in [0.4, 0.5) is 5.69 Å². The van der Waals surface area contributed by atoms with Gasteiger partial charge in [0, 0.05) is 18.3 Å². The van der Waals surface area contributed by atoms with Gasteiger partial charge in [-0.15, -0.1) is 6.58 Å². The van der Waals surface area contributed by atoms with E-state index in [0.717, 1.165) is 11.3 Å². The second kappa shape index (κ2) is 6.25. The van der Waals surface area contributed by atoms with E-state index in [2.05, 4.69) is 17.2 Å². The molecule has 16 heavy (non-hydrogen) atoms. The van der Waals surface area contributed by atoms with E-state index in [1.165, 1.54) is 0 Å². The van der Waals surface area contributed by atoms with Crippen LogP contribution in [0.3, 0.4) is 0 Å². The molecule has 1 aromatic carbocycles. The van der Waals surface area contributed by atoms with E-state index in [4.69, 9.17) is 18.0 Å². The average molecular weight is 235 g/mol. The van der Waals surface area contributed by atoms with Gasteiger partial charge in [0.15, 0.2) is 5.11 Å². The standard InChI is InChI=1S/C12H17N3S/c1-3-9(2)14-12(16)15-11-7-5-4-6-10(11)8-13/h3-7,9H,1,8,13H2,2H3,(H2,14,15,16). The average Bonchev–Trinajstić information content (AvgIpc) is 2.29. The smallest absolute Gasteiger partial charge is 0.171 e. The first-order valence-electron chi connectivity index (χ1n) is 5.15. The molecule has 1 rings (SSSR count). The molecule has 0 aliphatic carbocycles. The van der Waals surface area contributed by atoms with Crippen molar-refractivity contribution in [2.45, 2.75) is 19.5 Å². The van der Waals surface area contributed by atoms with Crippen LogP contribution in [0.2, 0.25) is 0 Å². The van der Waals surface area contributed by atoms with E-state index in [9.17, 15) is 0 Å². The molecule has 0 bridgehead atoms. The van der Waals surface area contributed by atoms with E-state index in [1.807, 2.05) is 31.2 Å². The highest BCUT2D eigenvalue weighted by Crippen LogP contribution is 2.13. The molecule has 1 aromatic rings. The summed E-state index contributed by atoms with van der Waals surface area (Å²) in [4.78, 5) is 0. The van der Waals surface area contributed by atoms with Gasteiger partial charge in [-0.25, -0.2) is 0 Å². The predicted molar refractivity (Wildman–Crippen MR) is 73.3 cm³/mol. The molecule has 0 saturated heterocycles. The lowest BCUT2D eigenvalue weighted by molar-refractivity contribution is 0.815. The van der Waals surface area contributed by atoms with Crippen molar-refractivity contribution < 1.29 is 0 Å². The Morgan fingerprint density at radius 3 is 2.88 bits per heavy atom. The van der Waals surface area contributed by atoms with Gasteiger partial charge < -0.3 is 16.4 Å². The summed E-state index contributed by atoms with van der Waals surface area (Å²) < 4.78 is 0. The largest absolute Gasteiger partial charge is 0.357 e. The minimum Gasteiger partial charge on any atom is -0.357 e. The fourth-order valence-electron chi connectivity index (χ4n) is 1.24. The highest BCUT2D eigenvalue weighted by Gasteiger charge is 2.03. The summed E-state index contributed by atoms with van der Waals surface area (Å²) in [5.74, 6) is 0. The number of nitrogens with two attached hydrogens (primary N) is 1. The van der Waals surface area contributed by atoms with Gasteiger partial charge in [0.1, 0.15) is 0 Å². The molecule has 0 saturated carbocycles. The molecule has 3 nitrogen and oxygen atoms in total. The fourth-order valence-corrected chi connectivity index (χ4v) is 1.54. The van der Waals surface area contributed by atoms with Crippen molar-refractivity contribution in [2.75, 3.05) is 5.32 Å². The van der Waals surface area contributed by atoms with Crippen molar-refractivity contribution in [3.05, 3.63) is 42.5 Å². The van der Waals surface area contributed by atoms with Crippen molar-refractivity contribution in [3.63, 3.8) is 0 Å². The van der Waals surface area contributed by atoms with Crippen LogP contribution in [0.5, 0.6) is 0 Å². The number of rotatable bonds is 4. The maximum atomic E-state index is 5.63. The number of hydrogen-bond donors (Lipinski definition) is 3. The van der Waals surface area contributed by atoms with Crippen LogP contribution in [-0.2, 0) is 6.54 Å². The number of anilines is 1. The second-order valence-corrected chi connectivity index (χ2v) is 3.89. The quantitative estimate of drug-likeness (QED) is 0.552. The first-order valence-corrected chi connectivity index (χ1v) is 5.56. The van der Waals surface area contributed by atoms with Crippen molar-refractivity contribution >= 4 is 23.0 Å². The third-order valence-electron chi connectivity index (χ3n) is 2.20. The number of benzene rings is 1. The summed E-state index contributed by atoms with van der Waals surface area (Å²) >= 11 is 5.18. The van der Waals surface area contributed by atoms with E-state index in [1.54, 1.807) is 6.08 Å². The zero-order valence-electron chi connectivity index (χ0n) is 9.36. The molecule has 0 aliphatic rings. The van der Waals surface area contributed by atoms with Crippen LogP contribution in [-0.4, -0.2) is 11.2 Å². The second-order valence-electron chi connectivity index (χ2n) is 3.48. The minimum absolute atomic E-state index is 0.144. The molecule has 0 radical (unpaired) electrons. The zero-order chi connectivity index (χ0) is 12.0. The van der Waals surface area contributed by atoms with Gasteiger partial charge in [-0.3, -0.25) is 0 Å². The molecule has 0 amide bonds. The van der Waals surface area contributed by atoms with Crippen LogP contribution < -0.4 is 16.4 Å². The van der Waals surface area contributed by atoms with Gasteiger partial charge in [0.05, 0.1) is 0 Å². The lowest BCUT2D eigenvalue weighted by Gasteiger charge is -2.15. The number of hydrogen-bond acceptors (Lipinski definition) is 2. The lowest BCUT2D eigenvalue weighted by atomic mass is 10.2. The number of nitrogens with one attached hydrogen (secondary N) is 2. The Morgan fingerprint density at radius 2 is 2.25 bits per heavy atom. The summed E-state index contributed by atoms with van der Waals surface area (Å²) in [5, 5.41) is 6.79. The Balaban J connectivity index is 2.65. The van der Waals surface area contributed by atoms with Crippen LogP contribution in [0.25, 0.3) is 0 Å². The molecule has 1 unspecified atom stereocenters. The first-order chi connectivity index (χ1) is 7.67. The Kier molecular flexibility index (Phi) is 4.95. The predicted octanol–water partition coefficient (Wildman–Crippen LogP) is 2.01. The maximum absolute atomic E-state index is 5.63. The van der Waals surface area contributed by atoms with E-state index >= 15 is 0 Å². The van der Waals surface area contributed by atoms with Crippen molar-refractivity contribution in [3.8, 4) is 0 Å². The number of para-hydroxylation sites is 1. The molecule has 1 atom stereocenters. The Hall–Kier alpha value is -1.39. The van der Waals surface area contributed by atoms with Crippen molar-refractivity contribution in [1.82, 2.24) is 5.32 Å². The molecule has 0 aliphatic heterocycles. The molecular weight excluding hydrogens is 218 g/mol. The highest BCUT2D eigenvalue weighted by atomic mass is 32.1. The van der Waals surface area contributed by atoms with Crippen LogP contribution in [0.1, 0.15) is 12.5 Å². The molecule has 4 heteroatoms. The molecule has 0 heterocycles. The zero-order valence-corrected chi connectivity index (χ0v) is 10.2. The fraction of sp³-hybridized carbons (Fsp3) is 0.250. The van der Waals surface area contributed by atoms with Gasteiger partial charge in [-0.2, -0.15) is 0 Å². The third-order valence-corrected chi connectivity index (χ3v) is 2.42.